The van der Waals surface area contributed by atoms with Crippen LogP contribution < -0.4 is 14.8 Å². The number of rotatable bonds is 8. The molecule has 6 heteroatoms. The van der Waals surface area contributed by atoms with E-state index >= 15 is 0 Å². The zero-order valence-corrected chi connectivity index (χ0v) is 23.8. The molecule has 4 nitrogen and oxygen atoms in total. The minimum Gasteiger partial charge on any atom is -0.490 e. The van der Waals surface area contributed by atoms with Crippen molar-refractivity contribution in [3.8, 4) is 11.5 Å². The van der Waals surface area contributed by atoms with E-state index in [4.69, 9.17) is 14.5 Å². The van der Waals surface area contributed by atoms with Gasteiger partial charge in [0, 0.05) is 17.8 Å². The summed E-state index contributed by atoms with van der Waals surface area (Å²) in [5, 5.41) is 3.79. The number of nitrogens with one attached hydrogen (secondary N) is 1. The van der Waals surface area contributed by atoms with Crippen LogP contribution in [-0.2, 0) is 6.61 Å². The van der Waals surface area contributed by atoms with Crippen molar-refractivity contribution in [2.24, 2.45) is 10.9 Å². The molecule has 0 fully saturated rings. The summed E-state index contributed by atoms with van der Waals surface area (Å²) in [5.74, 6) is 1.87. The number of anilines is 1. The van der Waals surface area contributed by atoms with E-state index in [1.54, 1.807) is 6.07 Å². The highest BCUT2D eigenvalue weighted by Gasteiger charge is 2.37. The molecule has 1 N–H and O–H groups in total. The lowest BCUT2D eigenvalue weighted by atomic mass is 9.77. The number of halogens is 2. The van der Waals surface area contributed by atoms with Crippen LogP contribution in [0.15, 0.2) is 107 Å². The first kappa shape index (κ1) is 26.3. The fourth-order valence-electron chi connectivity index (χ4n) is 5.64. The average molecular weight is 598 g/mol. The van der Waals surface area contributed by atoms with Gasteiger partial charge in [-0.3, -0.25) is 4.99 Å². The molecule has 0 aromatic heterocycles. The summed E-state index contributed by atoms with van der Waals surface area (Å²) < 4.78 is 26.2. The predicted octanol–water partition coefficient (Wildman–Crippen LogP) is 9.14. The average Bonchev–Trinajstić information content (AvgIpc) is 3.46. The zero-order chi connectivity index (χ0) is 27.5. The first-order valence-electron chi connectivity index (χ1n) is 13.6. The maximum atomic E-state index is 13.6. The van der Waals surface area contributed by atoms with E-state index in [2.05, 4.69) is 81.9 Å². The molecule has 40 heavy (non-hydrogen) atoms. The summed E-state index contributed by atoms with van der Waals surface area (Å²) in [7, 11) is 0. The van der Waals surface area contributed by atoms with Gasteiger partial charge in [-0.1, -0.05) is 54.6 Å². The quantitative estimate of drug-likeness (QED) is 0.163. The van der Waals surface area contributed by atoms with Crippen molar-refractivity contribution in [1.29, 1.82) is 0 Å². The Labute approximate surface area is 242 Å². The van der Waals surface area contributed by atoms with Crippen LogP contribution in [0.5, 0.6) is 11.5 Å². The van der Waals surface area contributed by atoms with Crippen molar-refractivity contribution in [2.75, 3.05) is 11.9 Å². The van der Waals surface area contributed by atoms with Gasteiger partial charge >= 0.3 is 0 Å². The van der Waals surface area contributed by atoms with Crippen molar-refractivity contribution < 1.29 is 13.9 Å². The molecule has 1 aliphatic heterocycles. The van der Waals surface area contributed by atoms with Gasteiger partial charge in [0.2, 0.25) is 0 Å². The lowest BCUT2D eigenvalue weighted by Gasteiger charge is -2.37. The van der Waals surface area contributed by atoms with Crippen molar-refractivity contribution in [2.45, 2.75) is 31.9 Å². The summed E-state index contributed by atoms with van der Waals surface area (Å²) in [6, 6.07) is 27.6. The number of aliphatic imine (C=N–C) groups is 1. The Morgan fingerprint density at radius 2 is 1.85 bits per heavy atom. The van der Waals surface area contributed by atoms with Crippen LogP contribution in [0, 0.1) is 11.7 Å². The van der Waals surface area contributed by atoms with Gasteiger partial charge in [0.1, 0.15) is 12.4 Å². The maximum absolute atomic E-state index is 13.6. The molecule has 0 saturated heterocycles. The van der Waals surface area contributed by atoms with E-state index in [1.807, 2.05) is 31.3 Å². The standard InChI is InChI=1S/C34H30BrFN2O2/c1-2-39-32-19-23(18-30(35)34(32)40-21-22-7-5-8-25(36)17-22)20-37-26-15-13-24(14-16-26)33-29-11-6-10-27(29)28-9-3-4-12-31(28)38-33/h3-10,12-20,27,29,33,38H,2,11,21H2,1H3/t27-,29+,33+/m1/s1. The molecule has 1 aliphatic carbocycles. The number of hydrogen-bond donors (Lipinski definition) is 1. The highest BCUT2D eigenvalue weighted by molar-refractivity contribution is 9.10. The van der Waals surface area contributed by atoms with E-state index in [9.17, 15) is 4.39 Å². The third kappa shape index (κ3) is 5.54. The molecule has 0 radical (unpaired) electrons. The number of ether oxygens (including phenoxy) is 2. The number of fused-ring (bicyclic) bond motifs is 3. The van der Waals surface area contributed by atoms with E-state index in [-0.39, 0.29) is 18.5 Å². The summed E-state index contributed by atoms with van der Waals surface area (Å²) in [6.45, 7) is 2.65. The molecular weight excluding hydrogens is 567 g/mol. The van der Waals surface area contributed by atoms with Crippen molar-refractivity contribution in [3.05, 3.63) is 130 Å². The summed E-state index contributed by atoms with van der Waals surface area (Å²) in [6.07, 6.45) is 7.58. The molecule has 0 amide bonds. The number of nitrogens with zero attached hydrogens (tertiary/aromatic N) is 1. The van der Waals surface area contributed by atoms with E-state index in [0.29, 0.717) is 29.9 Å². The third-order valence-electron chi connectivity index (χ3n) is 7.49. The van der Waals surface area contributed by atoms with Gasteiger partial charge in [0.05, 0.1) is 22.8 Å². The van der Waals surface area contributed by atoms with E-state index in [1.165, 1.54) is 28.9 Å². The minimum atomic E-state index is -0.287. The molecule has 202 valence electrons. The SMILES string of the molecule is CCOc1cc(C=Nc2ccc([C@@H]3Nc4ccccc4[C@H]4C=CC[C@@H]43)cc2)cc(Br)c1OCc1cccc(F)c1. The summed E-state index contributed by atoms with van der Waals surface area (Å²) >= 11 is 3.62. The van der Waals surface area contributed by atoms with Gasteiger partial charge < -0.3 is 14.8 Å². The Hall–Kier alpha value is -3.90. The molecule has 0 saturated carbocycles. The highest BCUT2D eigenvalue weighted by Crippen LogP contribution is 2.49. The Balaban J connectivity index is 1.18. The van der Waals surface area contributed by atoms with Crippen LogP contribution in [0.4, 0.5) is 15.8 Å². The lowest BCUT2D eigenvalue weighted by Crippen LogP contribution is -2.28. The normalized spacial score (nSPS) is 19.2. The fourth-order valence-corrected chi connectivity index (χ4v) is 6.21. The number of para-hydroxylation sites is 1. The van der Waals surface area contributed by atoms with Crippen LogP contribution in [0.2, 0.25) is 0 Å². The second kappa shape index (κ2) is 11.7. The lowest BCUT2D eigenvalue weighted by molar-refractivity contribution is 0.267. The molecule has 4 aromatic rings. The molecule has 6 rings (SSSR count). The summed E-state index contributed by atoms with van der Waals surface area (Å²) in [4.78, 5) is 4.72. The Morgan fingerprint density at radius 1 is 1.00 bits per heavy atom. The molecule has 0 bridgehead atoms. The van der Waals surface area contributed by atoms with E-state index < -0.39 is 0 Å². The third-order valence-corrected chi connectivity index (χ3v) is 8.08. The van der Waals surface area contributed by atoms with E-state index in [0.717, 1.165) is 27.7 Å². The predicted molar refractivity (Wildman–Crippen MR) is 163 cm³/mol. The maximum Gasteiger partial charge on any atom is 0.175 e. The number of hydrogen-bond acceptors (Lipinski definition) is 4. The van der Waals surface area contributed by atoms with Gasteiger partial charge in [0.15, 0.2) is 11.5 Å². The summed E-state index contributed by atoms with van der Waals surface area (Å²) in [5.41, 5.74) is 6.39. The van der Waals surface area contributed by atoms with Crippen LogP contribution >= 0.6 is 15.9 Å². The van der Waals surface area contributed by atoms with Crippen LogP contribution in [0.25, 0.3) is 0 Å². The van der Waals surface area contributed by atoms with Gasteiger partial charge in [-0.25, -0.2) is 4.39 Å². The molecule has 4 aromatic carbocycles. The van der Waals surface area contributed by atoms with Gasteiger partial charge in [-0.05, 0) is 99.9 Å². The first-order chi connectivity index (χ1) is 19.6. The number of allylic oxidation sites excluding steroid dienone is 2. The van der Waals surface area contributed by atoms with Crippen molar-refractivity contribution in [1.82, 2.24) is 0 Å². The minimum absolute atomic E-state index is 0.231. The number of benzene rings is 4. The molecule has 0 spiro atoms. The van der Waals surface area contributed by atoms with Gasteiger partial charge in [-0.2, -0.15) is 0 Å². The molecular formula is C34H30BrFN2O2. The highest BCUT2D eigenvalue weighted by atomic mass is 79.9. The van der Waals surface area contributed by atoms with Crippen molar-refractivity contribution >= 4 is 33.5 Å². The Bertz CT molecular complexity index is 1570. The van der Waals surface area contributed by atoms with Crippen LogP contribution in [0.1, 0.15) is 47.6 Å². The van der Waals surface area contributed by atoms with Gasteiger partial charge in [-0.15, -0.1) is 0 Å². The molecule has 1 heterocycles. The smallest absolute Gasteiger partial charge is 0.175 e. The van der Waals surface area contributed by atoms with Crippen LogP contribution in [0.3, 0.4) is 0 Å². The van der Waals surface area contributed by atoms with Gasteiger partial charge in [0.25, 0.3) is 0 Å². The van der Waals surface area contributed by atoms with Crippen LogP contribution in [-0.4, -0.2) is 12.8 Å². The Kier molecular flexibility index (Phi) is 7.69. The fraction of sp³-hybridized carbons (Fsp3) is 0.206. The zero-order valence-electron chi connectivity index (χ0n) is 22.2. The van der Waals surface area contributed by atoms with Crippen molar-refractivity contribution in [3.63, 3.8) is 0 Å². The largest absolute Gasteiger partial charge is 0.490 e. The molecule has 0 unspecified atom stereocenters. The second-order valence-electron chi connectivity index (χ2n) is 10.1. The monoisotopic (exact) mass is 596 g/mol. The second-order valence-corrected chi connectivity index (χ2v) is 10.9. The molecule has 3 atom stereocenters. The molecule has 2 aliphatic rings. The topological polar surface area (TPSA) is 42.8 Å². The first-order valence-corrected chi connectivity index (χ1v) is 14.4. The Morgan fingerprint density at radius 3 is 2.67 bits per heavy atom.